The molecule has 1 amide bonds. The van der Waals surface area contributed by atoms with E-state index < -0.39 is 0 Å². The van der Waals surface area contributed by atoms with Gasteiger partial charge in [-0.15, -0.1) is 11.3 Å². The minimum absolute atomic E-state index is 0.201. The van der Waals surface area contributed by atoms with Gasteiger partial charge in [0, 0.05) is 36.6 Å². The van der Waals surface area contributed by atoms with E-state index in [9.17, 15) is 4.79 Å². The molecule has 1 saturated heterocycles. The Kier molecular flexibility index (Phi) is 5.16. The number of hydrogen-bond acceptors (Lipinski definition) is 5. The lowest BCUT2D eigenvalue weighted by atomic mass is 10.2. The van der Waals surface area contributed by atoms with Crippen molar-refractivity contribution in [3.8, 4) is 16.3 Å². The normalized spacial score (nSPS) is 15.5. The molecule has 2 heterocycles. The summed E-state index contributed by atoms with van der Waals surface area (Å²) in [6.45, 7) is 5.50. The van der Waals surface area contributed by atoms with Gasteiger partial charge in [-0.2, -0.15) is 0 Å². The van der Waals surface area contributed by atoms with Crippen LogP contribution in [0.2, 0.25) is 0 Å². The minimum Gasteiger partial charge on any atom is -0.497 e. The highest BCUT2D eigenvalue weighted by atomic mass is 32.1. The molecule has 1 fully saturated rings. The highest BCUT2D eigenvalue weighted by Gasteiger charge is 2.21. The monoisotopic (exact) mass is 345 g/mol. The number of hydrogen-bond donors (Lipinski definition) is 0. The van der Waals surface area contributed by atoms with Gasteiger partial charge in [0.05, 0.1) is 19.2 Å². The van der Waals surface area contributed by atoms with Crippen molar-refractivity contribution in [1.29, 1.82) is 0 Å². The predicted molar refractivity (Wildman–Crippen MR) is 96.6 cm³/mol. The minimum atomic E-state index is 0.201. The molecule has 128 valence electrons. The first-order valence-electron chi connectivity index (χ1n) is 8.14. The molecule has 6 heteroatoms. The van der Waals surface area contributed by atoms with Gasteiger partial charge in [0.2, 0.25) is 5.91 Å². The summed E-state index contributed by atoms with van der Waals surface area (Å²) in [4.78, 5) is 22.5. The number of aromatic nitrogens is 1. The predicted octanol–water partition coefficient (Wildman–Crippen LogP) is 2.44. The maximum absolute atomic E-state index is 12.5. The van der Waals surface area contributed by atoms with Gasteiger partial charge in [0.15, 0.2) is 0 Å². The SMILES string of the molecule is COc1cccc(-c2nc(C)c(CC(=O)N3CCN(C)CC3)s2)c1. The molecule has 0 N–H and O–H groups in total. The number of likely N-dealkylation sites (N-methyl/N-ethyl adjacent to an activating group) is 1. The van der Waals surface area contributed by atoms with Crippen LogP contribution in [0.5, 0.6) is 5.75 Å². The van der Waals surface area contributed by atoms with E-state index in [0.717, 1.165) is 53.1 Å². The third-order valence-electron chi connectivity index (χ3n) is 4.38. The highest BCUT2D eigenvalue weighted by molar-refractivity contribution is 7.15. The lowest BCUT2D eigenvalue weighted by molar-refractivity contribution is -0.131. The second kappa shape index (κ2) is 7.32. The third-order valence-corrected chi connectivity index (χ3v) is 5.58. The van der Waals surface area contributed by atoms with Crippen LogP contribution in [0.1, 0.15) is 10.6 Å². The Morgan fingerprint density at radius 2 is 2.04 bits per heavy atom. The van der Waals surface area contributed by atoms with Gasteiger partial charge in [0.25, 0.3) is 0 Å². The van der Waals surface area contributed by atoms with Crippen molar-refractivity contribution in [1.82, 2.24) is 14.8 Å². The molecule has 0 saturated carbocycles. The number of aryl methyl sites for hydroxylation is 1. The number of methoxy groups -OCH3 is 1. The van der Waals surface area contributed by atoms with E-state index in [0.29, 0.717) is 6.42 Å². The van der Waals surface area contributed by atoms with Crippen LogP contribution in [0.4, 0.5) is 0 Å². The summed E-state index contributed by atoms with van der Waals surface area (Å²) in [5.41, 5.74) is 1.97. The number of thiazole rings is 1. The molecule has 24 heavy (non-hydrogen) atoms. The summed E-state index contributed by atoms with van der Waals surface area (Å²) in [7, 11) is 3.75. The van der Waals surface area contributed by atoms with E-state index in [4.69, 9.17) is 4.74 Å². The molecule has 5 nitrogen and oxygen atoms in total. The van der Waals surface area contributed by atoms with Crippen molar-refractivity contribution in [2.24, 2.45) is 0 Å². The Bertz CT molecular complexity index is 721. The van der Waals surface area contributed by atoms with Crippen LogP contribution in [0, 0.1) is 6.92 Å². The molecule has 3 rings (SSSR count). The lowest BCUT2D eigenvalue weighted by Crippen LogP contribution is -2.47. The fourth-order valence-electron chi connectivity index (χ4n) is 2.78. The zero-order valence-corrected chi connectivity index (χ0v) is 15.2. The topological polar surface area (TPSA) is 45.7 Å². The molecule has 2 aromatic rings. The Labute approximate surface area is 146 Å². The Balaban J connectivity index is 1.73. The smallest absolute Gasteiger partial charge is 0.227 e. The van der Waals surface area contributed by atoms with E-state index in [1.807, 2.05) is 36.1 Å². The number of piperazine rings is 1. The standard InChI is InChI=1S/C18H23N3O2S/c1-13-16(12-17(22)21-9-7-20(2)8-10-21)24-18(19-13)14-5-4-6-15(11-14)23-3/h4-6,11H,7-10,12H2,1-3H3. The van der Waals surface area contributed by atoms with E-state index in [2.05, 4.69) is 16.9 Å². The number of amides is 1. The maximum Gasteiger partial charge on any atom is 0.227 e. The number of nitrogens with zero attached hydrogens (tertiary/aromatic N) is 3. The van der Waals surface area contributed by atoms with Gasteiger partial charge in [-0.05, 0) is 26.1 Å². The first-order chi connectivity index (χ1) is 11.6. The summed E-state index contributed by atoms with van der Waals surface area (Å²) in [6, 6.07) is 7.87. The van der Waals surface area contributed by atoms with E-state index in [1.54, 1.807) is 18.4 Å². The van der Waals surface area contributed by atoms with Crippen molar-refractivity contribution in [2.45, 2.75) is 13.3 Å². The summed E-state index contributed by atoms with van der Waals surface area (Å²) < 4.78 is 5.28. The molecule has 1 aliphatic heterocycles. The van der Waals surface area contributed by atoms with Crippen LogP contribution in [-0.2, 0) is 11.2 Å². The molecule has 1 aromatic heterocycles. The number of carbonyl (C=O) groups is 1. The van der Waals surface area contributed by atoms with Crippen LogP contribution in [0.25, 0.3) is 10.6 Å². The van der Waals surface area contributed by atoms with Crippen molar-refractivity contribution in [2.75, 3.05) is 40.3 Å². The first-order valence-corrected chi connectivity index (χ1v) is 8.95. The average molecular weight is 345 g/mol. The Hall–Kier alpha value is -1.92. The van der Waals surface area contributed by atoms with Gasteiger partial charge in [-0.3, -0.25) is 4.79 Å². The largest absolute Gasteiger partial charge is 0.497 e. The highest BCUT2D eigenvalue weighted by Crippen LogP contribution is 2.30. The zero-order chi connectivity index (χ0) is 17.1. The second-order valence-electron chi connectivity index (χ2n) is 6.12. The van der Waals surface area contributed by atoms with Crippen LogP contribution in [-0.4, -0.2) is 61.0 Å². The molecule has 0 unspecified atom stereocenters. The van der Waals surface area contributed by atoms with Crippen molar-refractivity contribution < 1.29 is 9.53 Å². The molecular weight excluding hydrogens is 322 g/mol. The molecule has 0 bridgehead atoms. The summed E-state index contributed by atoms with van der Waals surface area (Å²) in [6.07, 6.45) is 0.442. The zero-order valence-electron chi connectivity index (χ0n) is 14.4. The van der Waals surface area contributed by atoms with Gasteiger partial charge in [-0.25, -0.2) is 4.98 Å². The third kappa shape index (κ3) is 3.76. The number of carbonyl (C=O) groups excluding carboxylic acids is 1. The van der Waals surface area contributed by atoms with Crippen molar-refractivity contribution >= 4 is 17.2 Å². The van der Waals surface area contributed by atoms with Gasteiger partial charge < -0.3 is 14.5 Å². The fourth-order valence-corrected chi connectivity index (χ4v) is 3.83. The summed E-state index contributed by atoms with van der Waals surface area (Å²) in [5, 5.41) is 0.938. The molecule has 0 aliphatic carbocycles. The van der Waals surface area contributed by atoms with Crippen molar-refractivity contribution in [3.05, 3.63) is 34.8 Å². The lowest BCUT2D eigenvalue weighted by Gasteiger charge is -2.32. The Morgan fingerprint density at radius 3 is 2.75 bits per heavy atom. The van der Waals surface area contributed by atoms with Crippen LogP contribution in [0.15, 0.2) is 24.3 Å². The number of ether oxygens (including phenoxy) is 1. The quantitative estimate of drug-likeness (QED) is 0.854. The maximum atomic E-state index is 12.5. The average Bonchev–Trinajstić information content (AvgIpc) is 2.96. The van der Waals surface area contributed by atoms with Gasteiger partial charge in [0.1, 0.15) is 10.8 Å². The summed E-state index contributed by atoms with van der Waals surface area (Å²) in [5.74, 6) is 1.02. The van der Waals surface area contributed by atoms with Gasteiger partial charge in [-0.1, -0.05) is 12.1 Å². The fraction of sp³-hybridized carbons (Fsp3) is 0.444. The van der Waals surface area contributed by atoms with E-state index in [-0.39, 0.29) is 5.91 Å². The van der Waals surface area contributed by atoms with E-state index in [1.165, 1.54) is 0 Å². The summed E-state index contributed by atoms with van der Waals surface area (Å²) >= 11 is 1.60. The van der Waals surface area contributed by atoms with Crippen LogP contribution >= 0.6 is 11.3 Å². The molecule has 1 aromatic carbocycles. The second-order valence-corrected chi connectivity index (χ2v) is 7.20. The molecule has 0 atom stereocenters. The number of benzene rings is 1. The first kappa shape index (κ1) is 16.9. The van der Waals surface area contributed by atoms with Crippen LogP contribution < -0.4 is 4.74 Å². The Morgan fingerprint density at radius 1 is 1.29 bits per heavy atom. The van der Waals surface area contributed by atoms with E-state index >= 15 is 0 Å². The molecule has 0 radical (unpaired) electrons. The van der Waals surface area contributed by atoms with Crippen molar-refractivity contribution in [3.63, 3.8) is 0 Å². The van der Waals surface area contributed by atoms with Gasteiger partial charge >= 0.3 is 0 Å². The number of rotatable bonds is 4. The molecule has 1 aliphatic rings. The molecular formula is C18H23N3O2S. The molecule has 0 spiro atoms. The van der Waals surface area contributed by atoms with Crippen LogP contribution in [0.3, 0.4) is 0 Å².